The molecule has 0 bridgehead atoms. The molecule has 1 aromatic carbocycles. The lowest BCUT2D eigenvalue weighted by Gasteiger charge is -2.08. The topological polar surface area (TPSA) is 68.0 Å². The van der Waals surface area contributed by atoms with E-state index in [1.54, 1.807) is 41.9 Å². The largest absolute Gasteiger partial charge is 0.478 e. The van der Waals surface area contributed by atoms with Gasteiger partial charge in [0.05, 0.1) is 17.0 Å². The number of hydrogen-bond acceptors (Lipinski definition) is 4. The molecule has 3 aromatic rings. The molecule has 0 aliphatic rings. The number of nitrogens with zero attached hydrogens (tertiary/aromatic N) is 3. The number of imidazole rings is 1. The minimum absolute atomic E-state index is 0.300. The molecule has 2 heterocycles. The second kappa shape index (κ2) is 5.88. The first-order chi connectivity index (χ1) is 10.2. The molecule has 0 unspecified atom stereocenters. The highest BCUT2D eigenvalue weighted by atomic mass is 32.1. The lowest BCUT2D eigenvalue weighted by molar-refractivity contribution is 0.0696. The van der Waals surface area contributed by atoms with Crippen LogP contribution in [0.4, 0.5) is 0 Å². The standard InChI is InChI=1S/C15H13N3O2S/c19-15(20)12-3-1-2-11(8-12)10-18-6-4-16-13(18)9-14-17-5-7-21-14/h1-8H,9-10H2,(H,19,20). The Morgan fingerprint density at radius 1 is 1.29 bits per heavy atom. The summed E-state index contributed by atoms with van der Waals surface area (Å²) in [4.78, 5) is 19.6. The van der Waals surface area contributed by atoms with Crippen molar-refractivity contribution in [3.63, 3.8) is 0 Å². The normalized spacial score (nSPS) is 10.7. The van der Waals surface area contributed by atoms with E-state index in [-0.39, 0.29) is 0 Å². The van der Waals surface area contributed by atoms with Crippen molar-refractivity contribution >= 4 is 17.3 Å². The summed E-state index contributed by atoms with van der Waals surface area (Å²) in [6.45, 7) is 0.599. The zero-order chi connectivity index (χ0) is 14.7. The first-order valence-corrected chi connectivity index (χ1v) is 7.31. The first-order valence-electron chi connectivity index (χ1n) is 6.43. The van der Waals surface area contributed by atoms with Gasteiger partial charge in [0, 0.05) is 30.5 Å². The van der Waals surface area contributed by atoms with Crippen LogP contribution in [0.3, 0.4) is 0 Å². The number of carboxylic acid groups (broad SMARTS) is 1. The molecule has 0 aliphatic carbocycles. The van der Waals surface area contributed by atoms with Gasteiger partial charge in [-0.15, -0.1) is 11.3 Å². The van der Waals surface area contributed by atoms with Gasteiger partial charge in [-0.25, -0.2) is 14.8 Å². The van der Waals surface area contributed by atoms with Crippen molar-refractivity contribution in [2.24, 2.45) is 0 Å². The third kappa shape index (κ3) is 3.17. The van der Waals surface area contributed by atoms with Crippen LogP contribution in [0.25, 0.3) is 0 Å². The molecule has 5 nitrogen and oxygen atoms in total. The Bertz CT molecular complexity index is 750. The fourth-order valence-electron chi connectivity index (χ4n) is 2.13. The van der Waals surface area contributed by atoms with Gasteiger partial charge in [0.1, 0.15) is 5.82 Å². The fourth-order valence-corrected chi connectivity index (χ4v) is 2.74. The SMILES string of the molecule is O=C(O)c1cccc(Cn2ccnc2Cc2nccs2)c1. The second-order valence-electron chi connectivity index (χ2n) is 4.58. The highest BCUT2D eigenvalue weighted by Crippen LogP contribution is 2.13. The van der Waals surface area contributed by atoms with Crippen molar-refractivity contribution in [2.75, 3.05) is 0 Å². The van der Waals surface area contributed by atoms with Crippen molar-refractivity contribution in [3.8, 4) is 0 Å². The van der Waals surface area contributed by atoms with Gasteiger partial charge in [-0.1, -0.05) is 12.1 Å². The van der Waals surface area contributed by atoms with Crippen LogP contribution >= 0.6 is 11.3 Å². The number of carbonyl (C=O) groups is 1. The molecule has 1 N–H and O–H groups in total. The number of aromatic nitrogens is 3. The van der Waals surface area contributed by atoms with Crippen molar-refractivity contribution < 1.29 is 9.90 Å². The highest BCUT2D eigenvalue weighted by Gasteiger charge is 2.08. The summed E-state index contributed by atoms with van der Waals surface area (Å²) in [6.07, 6.45) is 6.12. The number of aromatic carboxylic acids is 1. The number of hydrogen-bond donors (Lipinski definition) is 1. The van der Waals surface area contributed by atoms with E-state index in [1.165, 1.54) is 0 Å². The van der Waals surface area contributed by atoms with E-state index in [4.69, 9.17) is 5.11 Å². The van der Waals surface area contributed by atoms with Crippen LogP contribution in [-0.2, 0) is 13.0 Å². The van der Waals surface area contributed by atoms with Gasteiger partial charge < -0.3 is 9.67 Å². The Labute approximate surface area is 125 Å². The predicted octanol–water partition coefficient (Wildman–Crippen LogP) is 2.68. The van der Waals surface area contributed by atoms with Crippen LogP contribution < -0.4 is 0 Å². The number of rotatable bonds is 5. The molecule has 0 spiro atoms. The zero-order valence-electron chi connectivity index (χ0n) is 11.1. The van der Waals surface area contributed by atoms with E-state index < -0.39 is 5.97 Å². The molecule has 3 rings (SSSR count). The van der Waals surface area contributed by atoms with E-state index in [0.29, 0.717) is 18.5 Å². The molecule has 0 radical (unpaired) electrons. The molecule has 2 aromatic heterocycles. The Balaban J connectivity index is 1.81. The Morgan fingerprint density at radius 3 is 2.95 bits per heavy atom. The molecule has 0 fully saturated rings. The zero-order valence-corrected chi connectivity index (χ0v) is 12.0. The number of carboxylic acids is 1. The molecule has 0 atom stereocenters. The van der Waals surface area contributed by atoms with Gasteiger partial charge >= 0.3 is 5.97 Å². The molecule has 6 heteroatoms. The van der Waals surface area contributed by atoms with Crippen LogP contribution in [-0.4, -0.2) is 25.6 Å². The summed E-state index contributed by atoms with van der Waals surface area (Å²) in [5, 5.41) is 12.0. The molecule has 0 saturated carbocycles. The first kappa shape index (κ1) is 13.5. The summed E-state index contributed by atoms with van der Waals surface area (Å²) < 4.78 is 2.02. The number of thiazole rings is 1. The summed E-state index contributed by atoms with van der Waals surface area (Å²) >= 11 is 1.60. The van der Waals surface area contributed by atoms with E-state index >= 15 is 0 Å². The minimum atomic E-state index is -0.912. The molecule has 0 amide bonds. The smallest absolute Gasteiger partial charge is 0.335 e. The van der Waals surface area contributed by atoms with Crippen LogP contribution in [0.2, 0.25) is 0 Å². The Morgan fingerprint density at radius 2 is 2.19 bits per heavy atom. The maximum atomic E-state index is 11.0. The quantitative estimate of drug-likeness (QED) is 0.786. The lowest BCUT2D eigenvalue weighted by Crippen LogP contribution is -2.06. The summed E-state index contributed by atoms with van der Waals surface area (Å²) in [7, 11) is 0. The van der Waals surface area contributed by atoms with E-state index in [9.17, 15) is 4.79 Å². The van der Waals surface area contributed by atoms with E-state index in [2.05, 4.69) is 9.97 Å². The van der Waals surface area contributed by atoms with Gasteiger partial charge in [-0.05, 0) is 17.7 Å². The lowest BCUT2D eigenvalue weighted by atomic mass is 10.1. The average Bonchev–Trinajstić information content (AvgIpc) is 3.12. The third-order valence-corrected chi connectivity index (χ3v) is 3.90. The molecular weight excluding hydrogens is 286 g/mol. The third-order valence-electron chi connectivity index (χ3n) is 3.12. The van der Waals surface area contributed by atoms with Crippen LogP contribution in [0, 0.1) is 0 Å². The van der Waals surface area contributed by atoms with Crippen molar-refractivity contribution in [2.45, 2.75) is 13.0 Å². The van der Waals surface area contributed by atoms with Crippen LogP contribution in [0.1, 0.15) is 26.8 Å². The van der Waals surface area contributed by atoms with Crippen LogP contribution in [0.15, 0.2) is 48.2 Å². The summed E-state index contributed by atoms with van der Waals surface area (Å²) in [6, 6.07) is 6.96. The molecule has 0 saturated heterocycles. The number of benzene rings is 1. The van der Waals surface area contributed by atoms with Gasteiger partial charge in [0.25, 0.3) is 0 Å². The van der Waals surface area contributed by atoms with Crippen LogP contribution in [0.5, 0.6) is 0 Å². The van der Waals surface area contributed by atoms with E-state index in [0.717, 1.165) is 16.4 Å². The predicted molar refractivity (Wildman–Crippen MR) is 79.7 cm³/mol. The van der Waals surface area contributed by atoms with Gasteiger partial charge in [-0.2, -0.15) is 0 Å². The van der Waals surface area contributed by atoms with Gasteiger partial charge in [0.2, 0.25) is 0 Å². The van der Waals surface area contributed by atoms with E-state index in [1.807, 2.05) is 22.2 Å². The Hall–Kier alpha value is -2.47. The molecule has 21 heavy (non-hydrogen) atoms. The second-order valence-corrected chi connectivity index (χ2v) is 5.56. The van der Waals surface area contributed by atoms with Crippen molar-refractivity contribution in [1.29, 1.82) is 0 Å². The minimum Gasteiger partial charge on any atom is -0.478 e. The van der Waals surface area contributed by atoms with Crippen molar-refractivity contribution in [1.82, 2.24) is 14.5 Å². The summed E-state index contributed by atoms with van der Waals surface area (Å²) in [5.41, 5.74) is 1.24. The molecule has 0 aliphatic heterocycles. The van der Waals surface area contributed by atoms with Gasteiger partial charge in [-0.3, -0.25) is 0 Å². The molecule has 106 valence electrons. The monoisotopic (exact) mass is 299 g/mol. The van der Waals surface area contributed by atoms with Crippen molar-refractivity contribution in [3.05, 3.63) is 70.2 Å². The maximum absolute atomic E-state index is 11.0. The average molecular weight is 299 g/mol. The molecular formula is C15H13N3O2S. The summed E-state index contributed by atoms with van der Waals surface area (Å²) in [5.74, 6) is 0.0103. The van der Waals surface area contributed by atoms with Gasteiger partial charge in [0.15, 0.2) is 0 Å². The maximum Gasteiger partial charge on any atom is 0.335 e. The Kier molecular flexibility index (Phi) is 3.79. The highest BCUT2D eigenvalue weighted by molar-refractivity contribution is 7.09. The fraction of sp³-hybridized carbons (Fsp3) is 0.133.